The van der Waals surface area contributed by atoms with Crippen molar-refractivity contribution < 1.29 is 17.9 Å². The number of aromatic nitrogens is 2. The fourth-order valence-electron chi connectivity index (χ4n) is 2.16. The van der Waals surface area contributed by atoms with Crippen LogP contribution in [0.2, 0.25) is 0 Å². The van der Waals surface area contributed by atoms with Gasteiger partial charge in [-0.3, -0.25) is 0 Å². The van der Waals surface area contributed by atoms with E-state index in [0.717, 1.165) is 18.9 Å². The molecule has 1 aromatic heterocycles. The van der Waals surface area contributed by atoms with Crippen molar-refractivity contribution in [3.05, 3.63) is 11.8 Å². The van der Waals surface area contributed by atoms with Gasteiger partial charge in [0.05, 0.1) is 12.7 Å². The number of nitrogens with zero attached hydrogens (tertiary/aromatic N) is 2. The van der Waals surface area contributed by atoms with E-state index in [2.05, 4.69) is 15.3 Å². The Labute approximate surface area is 114 Å². The van der Waals surface area contributed by atoms with E-state index >= 15 is 0 Å². The highest BCUT2D eigenvalue weighted by Gasteiger charge is 2.33. The number of halogens is 3. The molecule has 0 atom stereocenters. The largest absolute Gasteiger partial charge is 0.433 e. The van der Waals surface area contributed by atoms with E-state index in [0.29, 0.717) is 13.2 Å². The molecule has 20 heavy (non-hydrogen) atoms. The molecule has 0 amide bonds. The molecule has 1 aliphatic carbocycles. The molecule has 0 saturated heterocycles. The van der Waals surface area contributed by atoms with E-state index in [9.17, 15) is 13.2 Å². The molecular weight excluding hydrogens is 273 g/mol. The van der Waals surface area contributed by atoms with Crippen LogP contribution in [-0.4, -0.2) is 29.2 Å². The van der Waals surface area contributed by atoms with Gasteiger partial charge in [-0.05, 0) is 12.8 Å². The molecule has 1 aromatic rings. The smallest absolute Gasteiger partial charge is 0.376 e. The van der Waals surface area contributed by atoms with Crippen LogP contribution in [0.25, 0.3) is 0 Å². The van der Waals surface area contributed by atoms with Crippen LogP contribution in [0.1, 0.15) is 31.4 Å². The van der Waals surface area contributed by atoms with Crippen molar-refractivity contribution in [2.75, 3.05) is 24.2 Å². The molecule has 0 unspecified atom stereocenters. The highest BCUT2D eigenvalue weighted by Crippen LogP contribution is 2.29. The number of nitrogens with two attached hydrogens (primary N) is 1. The van der Waals surface area contributed by atoms with Gasteiger partial charge >= 0.3 is 6.18 Å². The van der Waals surface area contributed by atoms with Crippen LogP contribution in [0.5, 0.6) is 0 Å². The highest BCUT2D eigenvalue weighted by atomic mass is 19.4. The number of hydrogen-bond acceptors (Lipinski definition) is 5. The van der Waals surface area contributed by atoms with Gasteiger partial charge < -0.3 is 15.8 Å². The van der Waals surface area contributed by atoms with Gasteiger partial charge in [-0.1, -0.05) is 12.8 Å². The number of anilines is 2. The SMILES string of the molecule is Nc1nc(NCCOC2CCCC2)cc(C(F)(F)F)n1. The zero-order valence-electron chi connectivity index (χ0n) is 10.9. The van der Waals surface area contributed by atoms with Crippen molar-refractivity contribution in [2.45, 2.75) is 38.0 Å². The summed E-state index contributed by atoms with van der Waals surface area (Å²) in [4.78, 5) is 6.88. The Bertz CT molecular complexity index is 447. The Morgan fingerprint density at radius 1 is 1.30 bits per heavy atom. The molecule has 0 bridgehead atoms. The summed E-state index contributed by atoms with van der Waals surface area (Å²) < 4.78 is 43.2. The third kappa shape index (κ3) is 4.22. The Morgan fingerprint density at radius 2 is 2.00 bits per heavy atom. The summed E-state index contributed by atoms with van der Waals surface area (Å²) in [6.45, 7) is 0.806. The Hall–Kier alpha value is -1.57. The van der Waals surface area contributed by atoms with Crippen molar-refractivity contribution in [3.8, 4) is 0 Å². The molecule has 1 saturated carbocycles. The zero-order chi connectivity index (χ0) is 14.6. The van der Waals surface area contributed by atoms with E-state index in [1.54, 1.807) is 0 Å². The monoisotopic (exact) mass is 290 g/mol. The van der Waals surface area contributed by atoms with Gasteiger partial charge in [0.2, 0.25) is 5.95 Å². The van der Waals surface area contributed by atoms with Gasteiger partial charge in [0.1, 0.15) is 5.82 Å². The van der Waals surface area contributed by atoms with E-state index in [1.165, 1.54) is 12.8 Å². The molecule has 1 aliphatic rings. The molecule has 0 aliphatic heterocycles. The third-order valence-electron chi connectivity index (χ3n) is 3.10. The topological polar surface area (TPSA) is 73.1 Å². The summed E-state index contributed by atoms with van der Waals surface area (Å²) in [5.41, 5.74) is 4.21. The maximum absolute atomic E-state index is 12.5. The minimum Gasteiger partial charge on any atom is -0.376 e. The third-order valence-corrected chi connectivity index (χ3v) is 3.10. The molecule has 0 spiro atoms. The second kappa shape index (κ2) is 6.25. The van der Waals surface area contributed by atoms with Crippen LogP contribution in [0.15, 0.2) is 6.07 Å². The van der Waals surface area contributed by atoms with Crippen LogP contribution in [0.3, 0.4) is 0 Å². The molecule has 5 nitrogen and oxygen atoms in total. The lowest BCUT2D eigenvalue weighted by atomic mass is 10.3. The number of alkyl halides is 3. The Kier molecular flexibility index (Phi) is 4.64. The second-order valence-corrected chi connectivity index (χ2v) is 4.70. The lowest BCUT2D eigenvalue weighted by Gasteiger charge is -2.13. The zero-order valence-corrected chi connectivity index (χ0v) is 10.9. The van der Waals surface area contributed by atoms with Crippen LogP contribution < -0.4 is 11.1 Å². The predicted octanol–water partition coefficient (Wildman–Crippen LogP) is 2.45. The summed E-state index contributed by atoms with van der Waals surface area (Å²) in [6.07, 6.45) is 0.203. The molecule has 0 radical (unpaired) electrons. The number of hydrogen-bond donors (Lipinski definition) is 2. The minimum absolute atomic E-state index is 0.0554. The first-order valence-electron chi connectivity index (χ1n) is 6.52. The summed E-state index contributed by atoms with van der Waals surface area (Å²) in [5.74, 6) is -0.348. The normalized spacial score (nSPS) is 16.6. The number of nitrogen functional groups attached to an aromatic ring is 1. The quantitative estimate of drug-likeness (QED) is 0.815. The van der Waals surface area contributed by atoms with Crippen molar-refractivity contribution in [1.29, 1.82) is 0 Å². The van der Waals surface area contributed by atoms with E-state index in [1.807, 2.05) is 0 Å². The van der Waals surface area contributed by atoms with Crippen LogP contribution >= 0.6 is 0 Å². The van der Waals surface area contributed by atoms with Gasteiger partial charge in [0, 0.05) is 12.6 Å². The lowest BCUT2D eigenvalue weighted by molar-refractivity contribution is -0.141. The molecule has 8 heteroatoms. The standard InChI is InChI=1S/C12H17F3N4O/c13-12(14,15)9-7-10(19-11(16)18-9)17-5-6-20-8-3-1-2-4-8/h7-8H,1-6H2,(H3,16,17,18,19). The summed E-state index contributed by atoms with van der Waals surface area (Å²) in [5, 5.41) is 2.77. The average Bonchev–Trinajstić information content (AvgIpc) is 2.86. The number of rotatable bonds is 5. The van der Waals surface area contributed by atoms with Crippen molar-refractivity contribution >= 4 is 11.8 Å². The van der Waals surface area contributed by atoms with Gasteiger partial charge in [0.15, 0.2) is 5.69 Å². The van der Waals surface area contributed by atoms with Crippen LogP contribution in [0, 0.1) is 0 Å². The number of nitrogens with one attached hydrogen (secondary N) is 1. The Balaban J connectivity index is 1.84. The van der Waals surface area contributed by atoms with Crippen molar-refractivity contribution in [1.82, 2.24) is 9.97 Å². The molecule has 2 rings (SSSR count). The minimum atomic E-state index is -4.53. The highest BCUT2D eigenvalue weighted by molar-refractivity contribution is 5.41. The molecule has 112 valence electrons. The molecule has 0 aromatic carbocycles. The fraction of sp³-hybridized carbons (Fsp3) is 0.667. The lowest BCUT2D eigenvalue weighted by Crippen LogP contribution is -2.17. The molecule has 1 fully saturated rings. The maximum atomic E-state index is 12.5. The van der Waals surface area contributed by atoms with E-state index < -0.39 is 17.8 Å². The van der Waals surface area contributed by atoms with Crippen molar-refractivity contribution in [3.63, 3.8) is 0 Å². The van der Waals surface area contributed by atoms with Crippen molar-refractivity contribution in [2.24, 2.45) is 0 Å². The van der Waals surface area contributed by atoms with Gasteiger partial charge in [-0.2, -0.15) is 18.2 Å². The average molecular weight is 290 g/mol. The molecular formula is C12H17F3N4O. The van der Waals surface area contributed by atoms with E-state index in [4.69, 9.17) is 10.5 Å². The molecule has 1 heterocycles. The van der Waals surface area contributed by atoms with Crippen LogP contribution in [-0.2, 0) is 10.9 Å². The first-order valence-corrected chi connectivity index (χ1v) is 6.52. The first kappa shape index (κ1) is 14.8. The van der Waals surface area contributed by atoms with Gasteiger partial charge in [-0.25, -0.2) is 4.98 Å². The summed E-state index contributed by atoms with van der Waals surface area (Å²) in [6, 6.07) is 0.839. The van der Waals surface area contributed by atoms with Gasteiger partial charge in [-0.15, -0.1) is 0 Å². The second-order valence-electron chi connectivity index (χ2n) is 4.70. The van der Waals surface area contributed by atoms with Gasteiger partial charge in [0.25, 0.3) is 0 Å². The van der Waals surface area contributed by atoms with E-state index in [-0.39, 0.29) is 11.9 Å². The molecule has 3 N–H and O–H groups in total. The number of ether oxygens (including phenoxy) is 1. The maximum Gasteiger partial charge on any atom is 0.433 e. The first-order chi connectivity index (χ1) is 9.45. The predicted molar refractivity (Wildman–Crippen MR) is 68.1 cm³/mol. The fourth-order valence-corrected chi connectivity index (χ4v) is 2.16. The summed E-state index contributed by atoms with van der Waals surface area (Å²) in [7, 11) is 0. The summed E-state index contributed by atoms with van der Waals surface area (Å²) >= 11 is 0. The Morgan fingerprint density at radius 3 is 2.65 bits per heavy atom. The van der Waals surface area contributed by atoms with Crippen LogP contribution in [0.4, 0.5) is 24.9 Å².